The molecule has 7 nitrogen and oxygen atoms in total. The van der Waals surface area contributed by atoms with Crippen molar-refractivity contribution in [1.29, 1.82) is 0 Å². The van der Waals surface area contributed by atoms with E-state index in [1.54, 1.807) is 36.5 Å². The number of hydrogen-bond donors (Lipinski definition) is 3. The van der Waals surface area contributed by atoms with Crippen LogP contribution in [0, 0.1) is 6.92 Å². The van der Waals surface area contributed by atoms with Crippen LogP contribution in [0.2, 0.25) is 0 Å². The number of benzene rings is 2. The molecule has 4 aromatic rings. The van der Waals surface area contributed by atoms with Crippen molar-refractivity contribution in [3.05, 3.63) is 95.9 Å². The van der Waals surface area contributed by atoms with Crippen LogP contribution < -0.4 is 16.0 Å². The van der Waals surface area contributed by atoms with Gasteiger partial charge in [0.15, 0.2) is 0 Å². The van der Waals surface area contributed by atoms with E-state index in [2.05, 4.69) is 30.9 Å². The van der Waals surface area contributed by atoms with Crippen molar-refractivity contribution < 1.29 is 18.0 Å². The van der Waals surface area contributed by atoms with E-state index in [4.69, 9.17) is 0 Å². The predicted octanol–water partition coefficient (Wildman–Crippen LogP) is 5.87. The quantitative estimate of drug-likeness (QED) is 0.308. The Morgan fingerprint density at radius 1 is 0.800 bits per heavy atom. The highest BCUT2D eigenvalue weighted by molar-refractivity contribution is 5.92. The number of amides is 1. The molecular formula is C25H21F3N6O. The van der Waals surface area contributed by atoms with Gasteiger partial charge in [0.05, 0.1) is 12.0 Å². The van der Waals surface area contributed by atoms with Gasteiger partial charge >= 0.3 is 6.18 Å². The minimum absolute atomic E-state index is 0.0371. The molecule has 0 atom stereocenters. The topological polar surface area (TPSA) is 91.8 Å². The van der Waals surface area contributed by atoms with Crippen LogP contribution >= 0.6 is 0 Å². The molecule has 0 spiro atoms. The first-order chi connectivity index (χ1) is 16.7. The molecule has 0 radical (unpaired) electrons. The van der Waals surface area contributed by atoms with Gasteiger partial charge in [-0.1, -0.05) is 12.1 Å². The fourth-order valence-corrected chi connectivity index (χ4v) is 3.22. The van der Waals surface area contributed by atoms with E-state index >= 15 is 0 Å². The monoisotopic (exact) mass is 478 g/mol. The van der Waals surface area contributed by atoms with E-state index in [-0.39, 0.29) is 12.3 Å². The third-order valence-corrected chi connectivity index (χ3v) is 4.93. The fourth-order valence-electron chi connectivity index (χ4n) is 3.22. The Labute approximate surface area is 199 Å². The number of carbonyl (C=O) groups is 1. The summed E-state index contributed by atoms with van der Waals surface area (Å²) < 4.78 is 38.0. The van der Waals surface area contributed by atoms with Gasteiger partial charge in [-0.2, -0.15) is 13.2 Å². The van der Waals surface area contributed by atoms with Crippen molar-refractivity contribution in [3.8, 4) is 0 Å². The highest BCUT2D eigenvalue weighted by atomic mass is 19.4. The first-order valence-electron chi connectivity index (χ1n) is 10.6. The van der Waals surface area contributed by atoms with Crippen molar-refractivity contribution in [2.75, 3.05) is 16.0 Å². The standard InChI is InChI=1S/C25H21F3N6O/c1-16-10-11-29-21(12-16)34-23-14-22(30-15-31-23)32-19-6-8-20(9-7-19)33-24(35)13-17-2-4-18(5-3-17)25(26,27)28/h2-12,14-15H,13H2,1H3,(H,33,35)(H2,29,30,31,32,34). The summed E-state index contributed by atoms with van der Waals surface area (Å²) in [5.41, 5.74) is 2.11. The Kier molecular flexibility index (Phi) is 6.91. The number of hydrogen-bond acceptors (Lipinski definition) is 6. The zero-order valence-corrected chi connectivity index (χ0v) is 18.6. The third kappa shape index (κ3) is 6.76. The lowest BCUT2D eigenvalue weighted by Crippen LogP contribution is -2.14. The minimum Gasteiger partial charge on any atom is -0.340 e. The molecule has 0 saturated carbocycles. The van der Waals surface area contributed by atoms with Gasteiger partial charge in [-0.25, -0.2) is 15.0 Å². The Morgan fingerprint density at radius 3 is 2.09 bits per heavy atom. The molecule has 0 aliphatic rings. The summed E-state index contributed by atoms with van der Waals surface area (Å²) in [6.07, 6.45) is -1.30. The van der Waals surface area contributed by atoms with Gasteiger partial charge in [0.25, 0.3) is 0 Å². The van der Waals surface area contributed by atoms with E-state index in [1.807, 2.05) is 19.1 Å². The average molecular weight is 478 g/mol. The number of anilines is 5. The van der Waals surface area contributed by atoms with Gasteiger partial charge < -0.3 is 16.0 Å². The Balaban J connectivity index is 1.33. The van der Waals surface area contributed by atoms with E-state index < -0.39 is 11.7 Å². The number of alkyl halides is 3. The number of nitrogens with zero attached hydrogens (tertiary/aromatic N) is 3. The molecule has 3 N–H and O–H groups in total. The highest BCUT2D eigenvalue weighted by Gasteiger charge is 2.29. The van der Waals surface area contributed by atoms with Gasteiger partial charge in [-0.3, -0.25) is 4.79 Å². The summed E-state index contributed by atoms with van der Waals surface area (Å²) in [6, 6.07) is 17.0. The van der Waals surface area contributed by atoms with Gasteiger partial charge in [0.2, 0.25) is 5.91 Å². The maximum absolute atomic E-state index is 12.7. The Morgan fingerprint density at radius 2 is 1.43 bits per heavy atom. The molecule has 0 aliphatic carbocycles. The van der Waals surface area contributed by atoms with Gasteiger partial charge in [0.1, 0.15) is 23.8 Å². The summed E-state index contributed by atoms with van der Waals surface area (Å²) in [6.45, 7) is 1.97. The number of pyridine rings is 1. The first-order valence-corrected chi connectivity index (χ1v) is 10.6. The lowest BCUT2D eigenvalue weighted by molar-refractivity contribution is -0.137. The summed E-state index contributed by atoms with van der Waals surface area (Å²) in [5.74, 6) is 1.48. The van der Waals surface area contributed by atoms with Crippen LogP contribution in [0.15, 0.2) is 79.3 Å². The Hall–Kier alpha value is -4.47. The van der Waals surface area contributed by atoms with Crippen molar-refractivity contribution in [1.82, 2.24) is 15.0 Å². The number of halogens is 3. The molecule has 0 saturated heterocycles. The van der Waals surface area contributed by atoms with Crippen LogP contribution in [0.5, 0.6) is 0 Å². The second kappa shape index (κ2) is 10.2. The van der Waals surface area contributed by atoms with Gasteiger partial charge in [-0.05, 0) is 66.6 Å². The van der Waals surface area contributed by atoms with E-state index in [1.165, 1.54) is 18.5 Å². The van der Waals surface area contributed by atoms with E-state index in [9.17, 15) is 18.0 Å². The lowest BCUT2D eigenvalue weighted by atomic mass is 10.1. The molecule has 2 aromatic heterocycles. The highest BCUT2D eigenvalue weighted by Crippen LogP contribution is 2.29. The molecule has 0 aliphatic heterocycles. The van der Waals surface area contributed by atoms with Crippen LogP contribution in [0.1, 0.15) is 16.7 Å². The van der Waals surface area contributed by atoms with Crippen LogP contribution in [-0.2, 0) is 17.4 Å². The van der Waals surface area contributed by atoms with Crippen molar-refractivity contribution >= 4 is 34.7 Å². The zero-order chi connectivity index (χ0) is 24.8. The zero-order valence-electron chi connectivity index (χ0n) is 18.6. The molecule has 4 rings (SSSR count). The molecule has 1 amide bonds. The summed E-state index contributed by atoms with van der Waals surface area (Å²) in [7, 11) is 0. The van der Waals surface area contributed by atoms with Crippen LogP contribution in [0.25, 0.3) is 0 Å². The second-order valence-electron chi connectivity index (χ2n) is 7.75. The molecule has 10 heteroatoms. The Bertz CT molecular complexity index is 1310. The van der Waals surface area contributed by atoms with Crippen molar-refractivity contribution in [3.63, 3.8) is 0 Å². The average Bonchev–Trinajstić information content (AvgIpc) is 2.80. The molecule has 2 aromatic carbocycles. The molecular weight excluding hydrogens is 457 g/mol. The van der Waals surface area contributed by atoms with E-state index in [0.717, 1.165) is 23.4 Å². The van der Waals surface area contributed by atoms with Crippen LogP contribution in [0.4, 0.5) is 42.0 Å². The van der Waals surface area contributed by atoms with E-state index in [0.29, 0.717) is 28.7 Å². The molecule has 178 valence electrons. The smallest absolute Gasteiger partial charge is 0.340 e. The van der Waals surface area contributed by atoms with Crippen LogP contribution in [0.3, 0.4) is 0 Å². The largest absolute Gasteiger partial charge is 0.416 e. The minimum atomic E-state index is -4.40. The number of carbonyl (C=O) groups excluding carboxylic acids is 1. The van der Waals surface area contributed by atoms with Crippen molar-refractivity contribution in [2.24, 2.45) is 0 Å². The van der Waals surface area contributed by atoms with Gasteiger partial charge in [-0.15, -0.1) is 0 Å². The summed E-state index contributed by atoms with van der Waals surface area (Å²) in [4.78, 5) is 24.9. The number of aryl methyl sites for hydroxylation is 1. The number of rotatable bonds is 7. The second-order valence-corrected chi connectivity index (χ2v) is 7.75. The van der Waals surface area contributed by atoms with Crippen LogP contribution in [-0.4, -0.2) is 20.9 Å². The van der Waals surface area contributed by atoms with Gasteiger partial charge in [0, 0.05) is 23.6 Å². The molecule has 2 heterocycles. The van der Waals surface area contributed by atoms with Crippen molar-refractivity contribution in [2.45, 2.75) is 19.5 Å². The predicted molar refractivity (Wildman–Crippen MR) is 128 cm³/mol. The third-order valence-electron chi connectivity index (χ3n) is 4.93. The SMILES string of the molecule is Cc1ccnc(Nc2cc(Nc3ccc(NC(=O)Cc4ccc(C(F)(F)F)cc4)cc3)ncn2)c1. The molecule has 35 heavy (non-hydrogen) atoms. The molecule has 0 bridgehead atoms. The lowest BCUT2D eigenvalue weighted by Gasteiger charge is -2.10. The normalized spacial score (nSPS) is 11.1. The first kappa shape index (κ1) is 23.7. The molecule has 0 fully saturated rings. The summed E-state index contributed by atoms with van der Waals surface area (Å²) >= 11 is 0. The molecule has 0 unspecified atom stereocenters. The maximum atomic E-state index is 12.7. The number of aromatic nitrogens is 3. The summed E-state index contributed by atoms with van der Waals surface area (Å²) in [5, 5.41) is 9.03. The fraction of sp³-hybridized carbons (Fsp3) is 0.120. The maximum Gasteiger partial charge on any atom is 0.416 e. The number of nitrogens with one attached hydrogen (secondary N) is 3.